The average molecular weight is 186 g/mol. The summed E-state index contributed by atoms with van der Waals surface area (Å²) in [4.78, 5) is 0. The molecule has 0 heterocycles. The first kappa shape index (κ1) is 9.06. The molecular formula is C10H7BO3-2. The number of rotatable bonds is 2. The van der Waals surface area contributed by atoms with Gasteiger partial charge in [-0.25, -0.2) is 0 Å². The van der Waals surface area contributed by atoms with Gasteiger partial charge in [-0.2, -0.15) is 0 Å². The van der Waals surface area contributed by atoms with E-state index >= 15 is 0 Å². The van der Waals surface area contributed by atoms with E-state index in [1.807, 2.05) is 30.3 Å². The van der Waals surface area contributed by atoms with Gasteiger partial charge in [-0.1, -0.05) is 36.4 Å². The molecule has 0 spiro atoms. The van der Waals surface area contributed by atoms with Crippen molar-refractivity contribution in [3.05, 3.63) is 42.5 Å². The molecule has 0 aliphatic heterocycles. The van der Waals surface area contributed by atoms with Crippen LogP contribution in [-0.4, -0.2) is 7.32 Å². The van der Waals surface area contributed by atoms with Crippen molar-refractivity contribution >= 4 is 18.1 Å². The van der Waals surface area contributed by atoms with E-state index in [0.717, 1.165) is 10.8 Å². The van der Waals surface area contributed by atoms with Gasteiger partial charge in [-0.3, -0.25) is 0 Å². The second-order valence-corrected chi connectivity index (χ2v) is 2.88. The summed E-state index contributed by atoms with van der Waals surface area (Å²) >= 11 is 0. The zero-order valence-corrected chi connectivity index (χ0v) is 7.34. The standard InChI is InChI=1S/C10H7BO3/c12-11(13)14-10-7-3-5-8-4-1-2-6-9(8)10/h1-7H/q-2. The van der Waals surface area contributed by atoms with Crippen LogP contribution in [0, 0.1) is 0 Å². The highest BCUT2D eigenvalue weighted by molar-refractivity contribution is 6.30. The minimum atomic E-state index is -2.28. The molecule has 0 N–H and O–H groups in total. The van der Waals surface area contributed by atoms with E-state index in [0.29, 0.717) is 5.75 Å². The second-order valence-electron chi connectivity index (χ2n) is 2.88. The molecule has 2 rings (SSSR count). The van der Waals surface area contributed by atoms with E-state index in [1.165, 1.54) is 0 Å². The Kier molecular flexibility index (Phi) is 2.39. The SMILES string of the molecule is [O-]B([O-])Oc1cccc2ccccc12. The minimum Gasteiger partial charge on any atom is -0.860 e. The van der Waals surface area contributed by atoms with E-state index in [1.54, 1.807) is 12.1 Å². The lowest BCUT2D eigenvalue weighted by Crippen LogP contribution is -2.50. The maximum absolute atomic E-state index is 10.4. The predicted octanol–water partition coefficient (Wildman–Crippen LogP) is -0.0759. The highest BCUT2D eigenvalue weighted by atomic mass is 16.6. The Morgan fingerprint density at radius 3 is 2.43 bits per heavy atom. The van der Waals surface area contributed by atoms with Crippen LogP contribution in [0.25, 0.3) is 10.8 Å². The fourth-order valence-electron chi connectivity index (χ4n) is 1.40. The van der Waals surface area contributed by atoms with Crippen molar-refractivity contribution in [2.24, 2.45) is 0 Å². The molecule has 0 amide bonds. The topological polar surface area (TPSA) is 55.3 Å². The third-order valence-electron chi connectivity index (χ3n) is 1.97. The fourth-order valence-corrected chi connectivity index (χ4v) is 1.40. The minimum absolute atomic E-state index is 0.345. The smallest absolute Gasteiger partial charge is 0.133 e. The van der Waals surface area contributed by atoms with Gasteiger partial charge in [-0.15, -0.1) is 0 Å². The quantitative estimate of drug-likeness (QED) is 0.616. The van der Waals surface area contributed by atoms with E-state index in [-0.39, 0.29) is 0 Å². The van der Waals surface area contributed by atoms with Gasteiger partial charge < -0.3 is 14.7 Å². The van der Waals surface area contributed by atoms with Crippen LogP contribution in [0.1, 0.15) is 0 Å². The van der Waals surface area contributed by atoms with Gasteiger partial charge in [0.2, 0.25) is 0 Å². The highest BCUT2D eigenvalue weighted by Gasteiger charge is 1.98. The Morgan fingerprint density at radius 1 is 0.929 bits per heavy atom. The molecular weight excluding hydrogens is 179 g/mol. The summed E-state index contributed by atoms with van der Waals surface area (Å²) in [5.74, 6) is 0.345. The Hall–Kier alpha value is -1.52. The van der Waals surface area contributed by atoms with Crippen LogP contribution < -0.4 is 14.7 Å². The van der Waals surface area contributed by atoms with Crippen LogP contribution >= 0.6 is 0 Å². The Morgan fingerprint density at radius 2 is 1.64 bits per heavy atom. The summed E-state index contributed by atoms with van der Waals surface area (Å²) in [6.45, 7) is 0. The molecule has 70 valence electrons. The molecule has 2 aromatic carbocycles. The average Bonchev–Trinajstić information content (AvgIpc) is 2.18. The lowest BCUT2D eigenvalue weighted by atomic mass is 10.1. The van der Waals surface area contributed by atoms with Gasteiger partial charge in [0.05, 0.1) is 0 Å². The van der Waals surface area contributed by atoms with Crippen molar-refractivity contribution in [2.45, 2.75) is 0 Å². The largest absolute Gasteiger partial charge is 0.860 e. The molecule has 4 heteroatoms. The predicted molar refractivity (Wildman–Crippen MR) is 50.3 cm³/mol. The van der Waals surface area contributed by atoms with E-state index in [4.69, 9.17) is 0 Å². The summed E-state index contributed by atoms with van der Waals surface area (Å²) in [5, 5.41) is 22.5. The lowest BCUT2D eigenvalue weighted by molar-refractivity contribution is -0.372. The zero-order valence-electron chi connectivity index (χ0n) is 7.34. The van der Waals surface area contributed by atoms with Gasteiger partial charge in [0.1, 0.15) is 13.1 Å². The van der Waals surface area contributed by atoms with Crippen molar-refractivity contribution in [1.82, 2.24) is 0 Å². The Bertz CT molecular complexity index is 437. The molecule has 0 radical (unpaired) electrons. The van der Waals surface area contributed by atoms with Gasteiger partial charge in [0.15, 0.2) is 0 Å². The van der Waals surface area contributed by atoms with Crippen molar-refractivity contribution in [3.63, 3.8) is 0 Å². The lowest BCUT2D eigenvalue weighted by Gasteiger charge is -2.27. The summed E-state index contributed by atoms with van der Waals surface area (Å²) in [6.07, 6.45) is 0. The molecule has 0 bridgehead atoms. The molecule has 0 aromatic heterocycles. The van der Waals surface area contributed by atoms with E-state index < -0.39 is 7.32 Å². The van der Waals surface area contributed by atoms with Crippen LogP contribution in [0.5, 0.6) is 5.75 Å². The molecule has 2 aromatic rings. The first-order valence-corrected chi connectivity index (χ1v) is 4.23. The molecule has 0 fully saturated rings. The Balaban J connectivity index is 2.53. The fraction of sp³-hybridized carbons (Fsp3) is 0. The summed E-state index contributed by atoms with van der Waals surface area (Å²) < 4.78 is 4.62. The molecule has 0 aliphatic rings. The molecule has 0 unspecified atom stereocenters. The van der Waals surface area contributed by atoms with Crippen molar-refractivity contribution < 1.29 is 14.7 Å². The third-order valence-corrected chi connectivity index (χ3v) is 1.97. The molecule has 0 aliphatic carbocycles. The molecule has 0 atom stereocenters. The Labute approximate surface area is 81.7 Å². The maximum atomic E-state index is 10.4. The van der Waals surface area contributed by atoms with E-state index in [9.17, 15) is 10.0 Å². The summed E-state index contributed by atoms with van der Waals surface area (Å²) in [6, 6.07) is 12.7. The summed E-state index contributed by atoms with van der Waals surface area (Å²) in [5.41, 5.74) is 0. The van der Waals surface area contributed by atoms with Crippen molar-refractivity contribution in [1.29, 1.82) is 0 Å². The number of hydrogen-bond donors (Lipinski definition) is 0. The van der Waals surface area contributed by atoms with Crippen LogP contribution in [-0.2, 0) is 0 Å². The summed E-state index contributed by atoms with van der Waals surface area (Å²) in [7, 11) is -2.28. The van der Waals surface area contributed by atoms with Crippen LogP contribution in [0.2, 0.25) is 0 Å². The number of hydrogen-bond acceptors (Lipinski definition) is 3. The number of benzene rings is 2. The van der Waals surface area contributed by atoms with Gasteiger partial charge in [-0.05, 0) is 11.5 Å². The number of fused-ring (bicyclic) bond motifs is 1. The molecule has 14 heavy (non-hydrogen) atoms. The van der Waals surface area contributed by atoms with Crippen molar-refractivity contribution in [2.75, 3.05) is 0 Å². The van der Waals surface area contributed by atoms with Gasteiger partial charge >= 0.3 is 0 Å². The van der Waals surface area contributed by atoms with Crippen LogP contribution in [0.15, 0.2) is 42.5 Å². The second kappa shape index (κ2) is 3.70. The normalized spacial score (nSPS) is 10.1. The first-order valence-electron chi connectivity index (χ1n) is 4.23. The highest BCUT2D eigenvalue weighted by Crippen LogP contribution is 2.24. The maximum Gasteiger partial charge on any atom is 0.133 e. The zero-order chi connectivity index (χ0) is 9.97. The molecule has 3 nitrogen and oxygen atoms in total. The van der Waals surface area contributed by atoms with Crippen LogP contribution in [0.4, 0.5) is 0 Å². The van der Waals surface area contributed by atoms with E-state index in [2.05, 4.69) is 4.65 Å². The van der Waals surface area contributed by atoms with Gasteiger partial charge in [0, 0.05) is 5.39 Å². The van der Waals surface area contributed by atoms with Crippen LogP contribution in [0.3, 0.4) is 0 Å². The van der Waals surface area contributed by atoms with Crippen molar-refractivity contribution in [3.8, 4) is 5.75 Å². The molecule has 0 saturated heterocycles. The molecule has 0 saturated carbocycles. The monoisotopic (exact) mass is 186 g/mol. The third kappa shape index (κ3) is 1.71. The first-order chi connectivity index (χ1) is 6.77. The van der Waals surface area contributed by atoms with Gasteiger partial charge in [0.25, 0.3) is 0 Å².